The summed E-state index contributed by atoms with van der Waals surface area (Å²) >= 11 is 0. The number of amides is 1. The Morgan fingerprint density at radius 2 is 1.94 bits per heavy atom. The topological polar surface area (TPSA) is 72.3 Å². The minimum Gasteiger partial charge on any atom is -0.368 e. The maximum Gasteiger partial charge on any atom is 0.237 e. The number of carbonyl (C=O) groups excluding carboxylic acids is 1. The van der Waals surface area contributed by atoms with Gasteiger partial charge in [-0.3, -0.25) is 4.79 Å². The van der Waals surface area contributed by atoms with Crippen molar-refractivity contribution in [2.75, 3.05) is 13.1 Å². The Morgan fingerprint density at radius 3 is 2.33 bits per heavy atom. The van der Waals surface area contributed by atoms with Gasteiger partial charge in [-0.1, -0.05) is 20.3 Å². The first-order chi connectivity index (χ1) is 8.20. The number of carbonyl (C=O) groups is 1. The normalized spacial score (nSPS) is 25.4. The van der Waals surface area contributed by atoms with Crippen LogP contribution in [0.25, 0.3) is 0 Å². The van der Waals surface area contributed by atoms with Crippen molar-refractivity contribution in [3.63, 3.8) is 0 Å². The molecule has 0 aromatic carbocycles. The number of nitrogens with two attached hydrogens (primary N) is 2. The maximum absolute atomic E-state index is 11.3. The van der Waals surface area contributed by atoms with E-state index in [0.29, 0.717) is 17.9 Å². The smallest absolute Gasteiger partial charge is 0.237 e. The lowest BCUT2D eigenvalue weighted by Gasteiger charge is -2.42. The third-order valence-electron chi connectivity index (χ3n) is 4.76. The van der Waals surface area contributed by atoms with Gasteiger partial charge in [-0.25, -0.2) is 0 Å². The number of primary amides is 1. The summed E-state index contributed by atoms with van der Waals surface area (Å²) in [6.45, 7) is 10.7. The molecular weight excluding hydrogens is 226 g/mol. The molecular formula is C14H29N3O. The highest BCUT2D eigenvalue weighted by molar-refractivity contribution is 5.83. The molecule has 4 N–H and O–H groups in total. The van der Waals surface area contributed by atoms with Gasteiger partial charge in [-0.2, -0.15) is 0 Å². The summed E-state index contributed by atoms with van der Waals surface area (Å²) in [5.74, 6) is -0.412. The Bertz CT molecular complexity index is 293. The SMILES string of the molecule is CCC1(C)CCN(C(C)CC(C)(N)C(N)=O)CC1. The molecule has 4 nitrogen and oxygen atoms in total. The average molecular weight is 255 g/mol. The molecule has 0 aromatic rings. The summed E-state index contributed by atoms with van der Waals surface area (Å²) in [4.78, 5) is 13.7. The summed E-state index contributed by atoms with van der Waals surface area (Å²) in [6, 6.07) is 0.314. The Morgan fingerprint density at radius 1 is 1.44 bits per heavy atom. The molecule has 1 saturated heterocycles. The van der Waals surface area contributed by atoms with Crippen molar-refractivity contribution in [3.05, 3.63) is 0 Å². The lowest BCUT2D eigenvalue weighted by molar-refractivity contribution is -0.123. The Balaban J connectivity index is 2.50. The van der Waals surface area contributed by atoms with E-state index in [1.807, 2.05) is 0 Å². The molecule has 0 aromatic heterocycles. The fraction of sp³-hybridized carbons (Fsp3) is 0.929. The van der Waals surface area contributed by atoms with Gasteiger partial charge in [0, 0.05) is 6.04 Å². The van der Waals surface area contributed by atoms with Gasteiger partial charge in [-0.15, -0.1) is 0 Å². The van der Waals surface area contributed by atoms with Crippen LogP contribution in [0.3, 0.4) is 0 Å². The van der Waals surface area contributed by atoms with Crippen molar-refractivity contribution in [2.24, 2.45) is 16.9 Å². The quantitative estimate of drug-likeness (QED) is 0.781. The van der Waals surface area contributed by atoms with Crippen LogP contribution in [0.15, 0.2) is 0 Å². The molecule has 2 atom stereocenters. The van der Waals surface area contributed by atoms with Gasteiger partial charge < -0.3 is 16.4 Å². The number of piperidine rings is 1. The first kappa shape index (κ1) is 15.4. The second kappa shape index (κ2) is 5.57. The van der Waals surface area contributed by atoms with Crippen LogP contribution in [-0.4, -0.2) is 35.5 Å². The van der Waals surface area contributed by atoms with Gasteiger partial charge in [0.25, 0.3) is 0 Å². The molecule has 106 valence electrons. The van der Waals surface area contributed by atoms with Crippen molar-refractivity contribution in [1.82, 2.24) is 4.90 Å². The highest BCUT2D eigenvalue weighted by atomic mass is 16.1. The zero-order valence-electron chi connectivity index (χ0n) is 12.3. The molecule has 0 bridgehead atoms. The Hall–Kier alpha value is -0.610. The molecule has 1 heterocycles. The molecule has 0 saturated carbocycles. The zero-order valence-corrected chi connectivity index (χ0v) is 12.3. The Labute approximate surface area is 111 Å². The number of hydrogen-bond donors (Lipinski definition) is 2. The van der Waals surface area contributed by atoms with E-state index in [-0.39, 0.29) is 0 Å². The summed E-state index contributed by atoms with van der Waals surface area (Å²) < 4.78 is 0. The Kier molecular flexibility index (Phi) is 4.78. The predicted octanol–water partition coefficient (Wildman–Crippen LogP) is 1.48. The van der Waals surface area contributed by atoms with Crippen molar-refractivity contribution in [1.29, 1.82) is 0 Å². The summed E-state index contributed by atoms with van der Waals surface area (Å²) in [7, 11) is 0. The molecule has 4 heteroatoms. The van der Waals surface area contributed by atoms with Crippen LogP contribution < -0.4 is 11.5 Å². The van der Waals surface area contributed by atoms with E-state index in [1.165, 1.54) is 19.3 Å². The van der Waals surface area contributed by atoms with Crippen molar-refractivity contribution < 1.29 is 4.79 Å². The van der Waals surface area contributed by atoms with Crippen LogP contribution in [0.5, 0.6) is 0 Å². The second-order valence-electron chi connectivity index (χ2n) is 6.54. The molecule has 18 heavy (non-hydrogen) atoms. The molecule has 1 rings (SSSR count). The van der Waals surface area contributed by atoms with Crippen LogP contribution >= 0.6 is 0 Å². The number of rotatable bonds is 5. The van der Waals surface area contributed by atoms with E-state index in [1.54, 1.807) is 6.92 Å². The molecule has 2 unspecified atom stereocenters. The van der Waals surface area contributed by atoms with E-state index in [4.69, 9.17) is 11.5 Å². The van der Waals surface area contributed by atoms with Crippen molar-refractivity contribution in [3.8, 4) is 0 Å². The average Bonchev–Trinajstić information content (AvgIpc) is 2.29. The van der Waals surface area contributed by atoms with Crippen LogP contribution in [0, 0.1) is 5.41 Å². The zero-order chi connectivity index (χ0) is 14.0. The summed E-state index contributed by atoms with van der Waals surface area (Å²) in [5.41, 5.74) is 10.9. The van der Waals surface area contributed by atoms with Crippen LogP contribution in [0.2, 0.25) is 0 Å². The molecule has 1 aliphatic heterocycles. The highest BCUT2D eigenvalue weighted by Gasteiger charge is 2.34. The lowest BCUT2D eigenvalue weighted by atomic mass is 9.77. The van der Waals surface area contributed by atoms with E-state index in [9.17, 15) is 4.79 Å². The van der Waals surface area contributed by atoms with Crippen LogP contribution in [0.1, 0.15) is 53.4 Å². The monoisotopic (exact) mass is 255 g/mol. The summed E-state index contributed by atoms with van der Waals surface area (Å²) in [5, 5.41) is 0. The van der Waals surface area contributed by atoms with Crippen LogP contribution in [-0.2, 0) is 4.79 Å². The molecule has 0 aliphatic carbocycles. The minimum absolute atomic E-state index is 0.314. The molecule has 1 aliphatic rings. The minimum atomic E-state index is -0.898. The van der Waals surface area contributed by atoms with Crippen LogP contribution in [0.4, 0.5) is 0 Å². The largest absolute Gasteiger partial charge is 0.368 e. The maximum atomic E-state index is 11.3. The first-order valence-electron chi connectivity index (χ1n) is 7.03. The highest BCUT2D eigenvalue weighted by Crippen LogP contribution is 2.35. The number of nitrogens with zero attached hydrogens (tertiary/aromatic N) is 1. The van der Waals surface area contributed by atoms with Gasteiger partial charge in [0.05, 0.1) is 5.54 Å². The van der Waals surface area contributed by atoms with Gasteiger partial charge in [0.15, 0.2) is 0 Å². The van der Waals surface area contributed by atoms with E-state index >= 15 is 0 Å². The fourth-order valence-electron chi connectivity index (χ4n) is 2.70. The third kappa shape index (κ3) is 3.69. The molecule has 1 fully saturated rings. The van der Waals surface area contributed by atoms with Gasteiger partial charge in [0.1, 0.15) is 0 Å². The van der Waals surface area contributed by atoms with Gasteiger partial charge >= 0.3 is 0 Å². The van der Waals surface area contributed by atoms with E-state index in [2.05, 4.69) is 25.7 Å². The molecule has 0 radical (unpaired) electrons. The van der Waals surface area contributed by atoms with Gasteiger partial charge in [0.2, 0.25) is 5.91 Å². The predicted molar refractivity (Wildman–Crippen MR) is 75.1 cm³/mol. The number of hydrogen-bond acceptors (Lipinski definition) is 3. The van der Waals surface area contributed by atoms with Crippen molar-refractivity contribution >= 4 is 5.91 Å². The fourth-order valence-corrected chi connectivity index (χ4v) is 2.70. The standard InChI is InChI=1S/C14H29N3O/c1-5-13(3)6-8-17(9-7-13)11(2)10-14(4,16)12(15)18/h11H,5-10,16H2,1-4H3,(H2,15,18). The van der Waals surface area contributed by atoms with E-state index in [0.717, 1.165) is 13.1 Å². The van der Waals surface area contributed by atoms with Gasteiger partial charge in [-0.05, 0) is 51.6 Å². The first-order valence-corrected chi connectivity index (χ1v) is 7.03. The number of likely N-dealkylation sites (tertiary alicyclic amines) is 1. The van der Waals surface area contributed by atoms with E-state index < -0.39 is 11.4 Å². The third-order valence-corrected chi connectivity index (χ3v) is 4.76. The molecule has 1 amide bonds. The lowest BCUT2D eigenvalue weighted by Crippen LogP contribution is -2.54. The molecule has 0 spiro atoms. The second-order valence-corrected chi connectivity index (χ2v) is 6.54. The van der Waals surface area contributed by atoms with Crippen molar-refractivity contribution in [2.45, 2.75) is 65.0 Å². The summed E-state index contributed by atoms with van der Waals surface area (Å²) in [6.07, 6.45) is 4.33.